The normalized spacial score (nSPS) is 10.7. The van der Waals surface area contributed by atoms with Crippen molar-refractivity contribution in [2.24, 2.45) is 0 Å². The predicted molar refractivity (Wildman–Crippen MR) is 72.3 cm³/mol. The van der Waals surface area contributed by atoms with Gasteiger partial charge in [-0.3, -0.25) is 5.10 Å². The first-order valence-corrected chi connectivity index (χ1v) is 6.14. The number of hydrogen-bond donors (Lipinski definition) is 2. The zero-order valence-corrected chi connectivity index (χ0v) is 10.7. The molecule has 3 aromatic rings. The number of H-pyrrole nitrogens is 1. The second-order valence-corrected chi connectivity index (χ2v) is 4.07. The van der Waals surface area contributed by atoms with Gasteiger partial charge in [0.15, 0.2) is 5.65 Å². The topological polar surface area (TPSA) is 75.7 Å². The van der Waals surface area contributed by atoms with Crippen LogP contribution < -0.4 is 10.1 Å². The van der Waals surface area contributed by atoms with E-state index in [1.165, 1.54) is 24.3 Å². The number of nitrogens with zero attached hydrogens (tertiary/aromatic N) is 3. The zero-order valence-electron chi connectivity index (χ0n) is 10.7. The number of anilines is 1. The molecular formula is C13H12FN5O. The fourth-order valence-electron chi connectivity index (χ4n) is 1.74. The van der Waals surface area contributed by atoms with Gasteiger partial charge in [0, 0.05) is 6.54 Å². The molecule has 0 radical (unpaired) electrons. The van der Waals surface area contributed by atoms with Crippen molar-refractivity contribution < 1.29 is 9.13 Å². The van der Waals surface area contributed by atoms with Gasteiger partial charge in [-0.25, -0.2) is 4.39 Å². The van der Waals surface area contributed by atoms with E-state index in [4.69, 9.17) is 4.74 Å². The van der Waals surface area contributed by atoms with Crippen LogP contribution in [0.4, 0.5) is 10.3 Å². The standard InChI is InChI=1S/C13H12FN5O/c1-2-15-13-17-11-10(7-16-19-11)12(18-13)20-9-5-3-8(14)4-6-9/h3-7H,2H2,1H3,(H2,15,16,17,18,19). The lowest BCUT2D eigenvalue weighted by Crippen LogP contribution is -2.03. The van der Waals surface area contributed by atoms with Gasteiger partial charge in [-0.2, -0.15) is 15.1 Å². The molecule has 0 aliphatic rings. The summed E-state index contributed by atoms with van der Waals surface area (Å²) in [5.74, 6) is 0.990. The molecular weight excluding hydrogens is 261 g/mol. The van der Waals surface area contributed by atoms with E-state index in [1.54, 1.807) is 6.20 Å². The van der Waals surface area contributed by atoms with Crippen molar-refractivity contribution in [3.8, 4) is 11.6 Å². The third-order valence-electron chi connectivity index (χ3n) is 2.64. The lowest BCUT2D eigenvalue weighted by molar-refractivity contribution is 0.467. The highest BCUT2D eigenvalue weighted by Gasteiger charge is 2.11. The molecule has 0 bridgehead atoms. The summed E-state index contributed by atoms with van der Waals surface area (Å²) >= 11 is 0. The molecule has 2 heterocycles. The average molecular weight is 273 g/mol. The molecule has 3 rings (SSSR count). The van der Waals surface area contributed by atoms with Crippen molar-refractivity contribution in [1.29, 1.82) is 0 Å². The van der Waals surface area contributed by atoms with Gasteiger partial charge >= 0.3 is 0 Å². The van der Waals surface area contributed by atoms with Gasteiger partial charge in [0.25, 0.3) is 0 Å². The number of halogens is 1. The summed E-state index contributed by atoms with van der Waals surface area (Å²) in [6, 6.07) is 5.73. The third kappa shape index (κ3) is 2.37. The van der Waals surface area contributed by atoms with E-state index in [0.29, 0.717) is 35.2 Å². The summed E-state index contributed by atoms with van der Waals surface area (Å²) in [6.45, 7) is 2.64. The fraction of sp³-hybridized carbons (Fsp3) is 0.154. The van der Waals surface area contributed by atoms with E-state index in [2.05, 4.69) is 25.5 Å². The molecule has 1 aromatic carbocycles. The Morgan fingerprint density at radius 2 is 2.05 bits per heavy atom. The first-order valence-electron chi connectivity index (χ1n) is 6.14. The largest absolute Gasteiger partial charge is 0.438 e. The van der Waals surface area contributed by atoms with Crippen molar-refractivity contribution in [3.05, 3.63) is 36.3 Å². The molecule has 0 aliphatic heterocycles. The van der Waals surface area contributed by atoms with Crippen LogP contribution in [0.15, 0.2) is 30.5 Å². The first kappa shape index (κ1) is 12.3. The number of benzene rings is 1. The van der Waals surface area contributed by atoms with E-state index >= 15 is 0 Å². The second kappa shape index (κ2) is 5.12. The van der Waals surface area contributed by atoms with Gasteiger partial charge < -0.3 is 10.1 Å². The molecule has 0 unspecified atom stereocenters. The molecule has 20 heavy (non-hydrogen) atoms. The van der Waals surface area contributed by atoms with Crippen LogP contribution in [-0.4, -0.2) is 26.7 Å². The minimum absolute atomic E-state index is 0.318. The molecule has 102 valence electrons. The monoisotopic (exact) mass is 273 g/mol. The number of aromatic amines is 1. The van der Waals surface area contributed by atoms with Crippen LogP contribution >= 0.6 is 0 Å². The van der Waals surface area contributed by atoms with Gasteiger partial charge in [0.1, 0.15) is 17.0 Å². The number of nitrogens with one attached hydrogen (secondary N) is 2. The molecule has 7 heteroatoms. The molecule has 0 aliphatic carbocycles. The molecule has 0 amide bonds. The maximum Gasteiger partial charge on any atom is 0.235 e. The molecule has 0 saturated heterocycles. The maximum absolute atomic E-state index is 12.9. The molecule has 2 N–H and O–H groups in total. The summed E-state index contributed by atoms with van der Waals surface area (Å²) in [4.78, 5) is 8.54. The second-order valence-electron chi connectivity index (χ2n) is 4.07. The van der Waals surface area contributed by atoms with Crippen molar-refractivity contribution in [2.75, 3.05) is 11.9 Å². The van der Waals surface area contributed by atoms with E-state index in [9.17, 15) is 4.39 Å². The van der Waals surface area contributed by atoms with Crippen LogP contribution in [0.25, 0.3) is 11.0 Å². The minimum atomic E-state index is -0.318. The summed E-state index contributed by atoms with van der Waals surface area (Å²) in [5, 5.41) is 10.4. The lowest BCUT2D eigenvalue weighted by atomic mass is 10.3. The first-order chi connectivity index (χ1) is 9.76. The number of aromatic nitrogens is 4. The Labute approximate surface area is 114 Å². The fourth-order valence-corrected chi connectivity index (χ4v) is 1.74. The van der Waals surface area contributed by atoms with Gasteiger partial charge in [0.05, 0.1) is 6.20 Å². The van der Waals surface area contributed by atoms with Crippen LogP contribution in [0, 0.1) is 5.82 Å². The summed E-state index contributed by atoms with van der Waals surface area (Å²) < 4.78 is 18.6. The Morgan fingerprint density at radius 1 is 1.25 bits per heavy atom. The number of hydrogen-bond acceptors (Lipinski definition) is 5. The average Bonchev–Trinajstić information content (AvgIpc) is 2.90. The number of rotatable bonds is 4. The molecule has 0 atom stereocenters. The molecule has 0 fully saturated rings. The highest BCUT2D eigenvalue weighted by Crippen LogP contribution is 2.27. The van der Waals surface area contributed by atoms with Crippen LogP contribution in [0.1, 0.15) is 6.92 Å². The van der Waals surface area contributed by atoms with Gasteiger partial charge in [-0.1, -0.05) is 0 Å². The smallest absolute Gasteiger partial charge is 0.235 e. The predicted octanol–water partition coefficient (Wildman–Crippen LogP) is 2.72. The van der Waals surface area contributed by atoms with E-state index in [-0.39, 0.29) is 5.82 Å². The van der Waals surface area contributed by atoms with Gasteiger partial charge in [-0.05, 0) is 31.2 Å². The number of fused-ring (bicyclic) bond motifs is 1. The molecule has 6 nitrogen and oxygen atoms in total. The molecule has 0 spiro atoms. The van der Waals surface area contributed by atoms with E-state index in [1.807, 2.05) is 6.92 Å². The van der Waals surface area contributed by atoms with E-state index < -0.39 is 0 Å². The summed E-state index contributed by atoms with van der Waals surface area (Å²) in [7, 11) is 0. The van der Waals surface area contributed by atoms with Crippen LogP contribution in [0.3, 0.4) is 0 Å². The van der Waals surface area contributed by atoms with Crippen LogP contribution in [0.5, 0.6) is 11.6 Å². The minimum Gasteiger partial charge on any atom is -0.438 e. The highest BCUT2D eigenvalue weighted by molar-refractivity contribution is 5.80. The zero-order chi connectivity index (χ0) is 13.9. The SMILES string of the molecule is CCNc1nc(Oc2ccc(F)cc2)c2cn[nH]c2n1. The Kier molecular flexibility index (Phi) is 3.16. The van der Waals surface area contributed by atoms with E-state index in [0.717, 1.165) is 0 Å². The molecule has 2 aromatic heterocycles. The Morgan fingerprint density at radius 3 is 2.80 bits per heavy atom. The quantitative estimate of drug-likeness (QED) is 0.764. The van der Waals surface area contributed by atoms with Crippen molar-refractivity contribution in [3.63, 3.8) is 0 Å². The number of ether oxygens (including phenoxy) is 1. The Hall–Kier alpha value is -2.70. The van der Waals surface area contributed by atoms with Gasteiger partial charge in [0.2, 0.25) is 11.8 Å². The summed E-state index contributed by atoms with van der Waals surface area (Å²) in [6.07, 6.45) is 1.59. The highest BCUT2D eigenvalue weighted by atomic mass is 19.1. The van der Waals surface area contributed by atoms with Crippen molar-refractivity contribution in [2.45, 2.75) is 6.92 Å². The summed E-state index contributed by atoms with van der Waals surface area (Å²) in [5.41, 5.74) is 0.577. The lowest BCUT2D eigenvalue weighted by Gasteiger charge is -2.07. The van der Waals surface area contributed by atoms with Crippen molar-refractivity contribution in [1.82, 2.24) is 20.2 Å². The maximum atomic E-state index is 12.9. The van der Waals surface area contributed by atoms with Gasteiger partial charge in [-0.15, -0.1) is 0 Å². The Bertz CT molecular complexity index is 725. The van der Waals surface area contributed by atoms with Crippen LogP contribution in [-0.2, 0) is 0 Å². The van der Waals surface area contributed by atoms with Crippen LogP contribution in [0.2, 0.25) is 0 Å². The Balaban J connectivity index is 2.00. The molecule has 0 saturated carbocycles. The van der Waals surface area contributed by atoms with Crippen molar-refractivity contribution >= 4 is 17.0 Å². The third-order valence-corrected chi connectivity index (χ3v) is 2.64.